The molecule has 21 heavy (non-hydrogen) atoms. The molecule has 2 amide bonds. The molecule has 0 aliphatic carbocycles. The van der Waals surface area contributed by atoms with Crippen LogP contribution in [-0.4, -0.2) is 43.6 Å². The maximum Gasteiger partial charge on any atom is 0.317 e. The number of carbonyl (C=O) groups is 2. The lowest BCUT2D eigenvalue weighted by Crippen LogP contribution is -2.52. The first kappa shape index (κ1) is 15.3. The molecule has 1 aliphatic heterocycles. The molecule has 0 bridgehead atoms. The van der Waals surface area contributed by atoms with Crippen LogP contribution in [0.15, 0.2) is 24.3 Å². The molecule has 114 valence electrons. The van der Waals surface area contributed by atoms with Crippen molar-refractivity contribution >= 4 is 12.0 Å². The van der Waals surface area contributed by atoms with Crippen molar-refractivity contribution in [3.05, 3.63) is 35.6 Å². The second-order valence-corrected chi connectivity index (χ2v) is 5.33. The fourth-order valence-corrected chi connectivity index (χ4v) is 2.22. The van der Waals surface area contributed by atoms with Crippen molar-refractivity contribution in [1.82, 2.24) is 10.2 Å². The van der Waals surface area contributed by atoms with Gasteiger partial charge in [-0.1, -0.05) is 12.1 Å². The topological polar surface area (TPSA) is 58.6 Å². The van der Waals surface area contributed by atoms with Gasteiger partial charge in [-0.2, -0.15) is 0 Å². The summed E-state index contributed by atoms with van der Waals surface area (Å²) in [5.41, 5.74) is -0.456. The van der Waals surface area contributed by atoms with Crippen LogP contribution < -0.4 is 5.32 Å². The van der Waals surface area contributed by atoms with Gasteiger partial charge in [0.15, 0.2) is 0 Å². The molecule has 1 heterocycles. The third-order valence-corrected chi connectivity index (χ3v) is 3.85. The lowest BCUT2D eigenvalue weighted by Gasteiger charge is -2.33. The molecule has 2 rings (SSSR count). The number of esters is 1. The van der Waals surface area contributed by atoms with Crippen molar-refractivity contribution in [1.29, 1.82) is 0 Å². The van der Waals surface area contributed by atoms with E-state index in [1.165, 1.54) is 31.4 Å². The largest absolute Gasteiger partial charge is 0.468 e. The highest BCUT2D eigenvalue weighted by atomic mass is 19.1. The average Bonchev–Trinajstić information content (AvgIpc) is 2.42. The van der Waals surface area contributed by atoms with E-state index in [4.69, 9.17) is 4.74 Å². The van der Waals surface area contributed by atoms with E-state index in [1.54, 1.807) is 11.8 Å². The number of likely N-dealkylation sites (tertiary alicyclic amines) is 1. The lowest BCUT2D eigenvalue weighted by atomic mass is 9.82. The average molecular weight is 294 g/mol. The van der Waals surface area contributed by atoms with E-state index in [9.17, 15) is 14.0 Å². The first-order valence-electron chi connectivity index (χ1n) is 6.84. The summed E-state index contributed by atoms with van der Waals surface area (Å²) in [6, 6.07) is 5.43. The van der Waals surface area contributed by atoms with Crippen molar-refractivity contribution < 1.29 is 18.7 Å². The highest BCUT2D eigenvalue weighted by molar-refractivity contribution is 5.84. The van der Waals surface area contributed by atoms with Gasteiger partial charge in [-0.05, 0) is 31.0 Å². The number of urea groups is 1. The summed E-state index contributed by atoms with van der Waals surface area (Å²) in [6.07, 6.45) is 1.000. The van der Waals surface area contributed by atoms with Crippen molar-refractivity contribution in [3.8, 4) is 0 Å². The quantitative estimate of drug-likeness (QED) is 0.859. The van der Waals surface area contributed by atoms with Crippen LogP contribution >= 0.6 is 0 Å². The SMILES string of the molecule is COC(=O)[C@](C)(CNC(=O)N1CCC1)c1ccc(F)cc1. The van der Waals surface area contributed by atoms with E-state index in [0.717, 1.165) is 19.5 Å². The maximum absolute atomic E-state index is 13.0. The minimum Gasteiger partial charge on any atom is -0.468 e. The number of nitrogens with zero attached hydrogens (tertiary/aromatic N) is 1. The van der Waals surface area contributed by atoms with Gasteiger partial charge in [0.05, 0.1) is 7.11 Å². The van der Waals surface area contributed by atoms with Gasteiger partial charge in [-0.3, -0.25) is 4.79 Å². The molecule has 5 nitrogen and oxygen atoms in total. The van der Waals surface area contributed by atoms with E-state index in [2.05, 4.69) is 5.32 Å². The molecule has 0 saturated carbocycles. The van der Waals surface area contributed by atoms with Gasteiger partial charge >= 0.3 is 12.0 Å². The summed E-state index contributed by atoms with van der Waals surface area (Å²) >= 11 is 0. The third-order valence-electron chi connectivity index (χ3n) is 3.85. The van der Waals surface area contributed by atoms with E-state index < -0.39 is 11.4 Å². The number of benzene rings is 1. The number of halogens is 1. The molecule has 0 radical (unpaired) electrons. The fourth-order valence-electron chi connectivity index (χ4n) is 2.22. The van der Waals surface area contributed by atoms with Crippen LogP contribution in [0, 0.1) is 5.82 Å². The smallest absolute Gasteiger partial charge is 0.317 e. The van der Waals surface area contributed by atoms with Gasteiger partial charge in [0.1, 0.15) is 11.2 Å². The zero-order valence-corrected chi connectivity index (χ0v) is 12.2. The summed E-state index contributed by atoms with van der Waals surface area (Å²) < 4.78 is 17.9. The normalized spacial score (nSPS) is 16.6. The molecular formula is C15H19FN2O3. The van der Waals surface area contributed by atoms with Crippen molar-refractivity contribution in [2.45, 2.75) is 18.8 Å². The minimum atomic E-state index is -1.05. The number of nitrogens with one attached hydrogen (secondary N) is 1. The van der Waals surface area contributed by atoms with E-state index in [0.29, 0.717) is 5.56 Å². The van der Waals surface area contributed by atoms with Gasteiger partial charge in [0.2, 0.25) is 0 Å². The zero-order chi connectivity index (χ0) is 15.5. The van der Waals surface area contributed by atoms with Crippen LogP contribution in [0.25, 0.3) is 0 Å². The predicted octanol–water partition coefficient (Wildman–Crippen LogP) is 1.67. The maximum atomic E-state index is 13.0. The Balaban J connectivity index is 2.14. The van der Waals surface area contributed by atoms with Gasteiger partial charge < -0.3 is 15.0 Å². The van der Waals surface area contributed by atoms with Crippen LogP contribution in [0.2, 0.25) is 0 Å². The monoisotopic (exact) mass is 294 g/mol. The summed E-state index contributed by atoms with van der Waals surface area (Å²) in [5.74, 6) is -0.853. The number of hydrogen-bond acceptors (Lipinski definition) is 3. The van der Waals surface area contributed by atoms with Crippen LogP contribution in [0.5, 0.6) is 0 Å². The van der Waals surface area contributed by atoms with Gasteiger partial charge in [0.25, 0.3) is 0 Å². The Hall–Kier alpha value is -2.11. The van der Waals surface area contributed by atoms with Crippen molar-refractivity contribution in [2.24, 2.45) is 0 Å². The standard InChI is InChI=1S/C15H19FN2O3/c1-15(13(19)21-2,11-4-6-12(16)7-5-11)10-17-14(20)18-8-3-9-18/h4-7H,3,8-10H2,1-2H3,(H,17,20)/t15-/m1/s1. The molecule has 1 fully saturated rings. The molecule has 1 aromatic rings. The van der Waals surface area contributed by atoms with E-state index in [1.807, 2.05) is 0 Å². The molecule has 1 saturated heterocycles. The Kier molecular flexibility index (Phi) is 4.45. The molecule has 1 N–H and O–H groups in total. The summed E-state index contributed by atoms with van der Waals surface area (Å²) in [7, 11) is 1.29. The second-order valence-electron chi connectivity index (χ2n) is 5.33. The fraction of sp³-hybridized carbons (Fsp3) is 0.467. The first-order valence-corrected chi connectivity index (χ1v) is 6.84. The Morgan fingerprint density at radius 2 is 1.95 bits per heavy atom. The van der Waals surface area contributed by atoms with Crippen molar-refractivity contribution in [3.63, 3.8) is 0 Å². The Morgan fingerprint density at radius 3 is 2.43 bits per heavy atom. The number of carbonyl (C=O) groups excluding carboxylic acids is 2. The highest BCUT2D eigenvalue weighted by Gasteiger charge is 2.37. The van der Waals surface area contributed by atoms with Crippen LogP contribution in [0.4, 0.5) is 9.18 Å². The lowest BCUT2D eigenvalue weighted by molar-refractivity contribution is -0.146. The number of amides is 2. The molecule has 6 heteroatoms. The molecule has 0 aromatic heterocycles. The zero-order valence-electron chi connectivity index (χ0n) is 12.2. The number of methoxy groups -OCH3 is 1. The predicted molar refractivity (Wildman–Crippen MR) is 75.4 cm³/mol. The summed E-state index contributed by atoms with van der Waals surface area (Å²) in [6.45, 7) is 3.23. The summed E-state index contributed by atoms with van der Waals surface area (Å²) in [4.78, 5) is 25.6. The molecule has 1 aromatic carbocycles. The van der Waals surface area contributed by atoms with Crippen LogP contribution in [-0.2, 0) is 14.9 Å². The Morgan fingerprint density at radius 1 is 1.33 bits per heavy atom. The molecule has 1 aliphatic rings. The first-order chi connectivity index (χ1) is 9.97. The number of ether oxygens (including phenoxy) is 1. The van der Waals surface area contributed by atoms with Crippen LogP contribution in [0.1, 0.15) is 18.9 Å². The van der Waals surface area contributed by atoms with Gasteiger partial charge in [-0.25, -0.2) is 9.18 Å². The highest BCUT2D eigenvalue weighted by Crippen LogP contribution is 2.25. The Labute approximate surface area is 123 Å². The van der Waals surface area contributed by atoms with Gasteiger partial charge in [-0.15, -0.1) is 0 Å². The Bertz CT molecular complexity index is 528. The van der Waals surface area contributed by atoms with E-state index >= 15 is 0 Å². The minimum absolute atomic E-state index is 0.0979. The molecular weight excluding hydrogens is 275 g/mol. The van der Waals surface area contributed by atoms with Crippen LogP contribution in [0.3, 0.4) is 0 Å². The van der Waals surface area contributed by atoms with Crippen molar-refractivity contribution in [2.75, 3.05) is 26.7 Å². The molecule has 0 spiro atoms. The van der Waals surface area contributed by atoms with E-state index in [-0.39, 0.29) is 18.4 Å². The third kappa shape index (κ3) is 3.15. The summed E-state index contributed by atoms with van der Waals surface area (Å²) in [5, 5.41) is 2.75. The van der Waals surface area contributed by atoms with Gasteiger partial charge in [0, 0.05) is 19.6 Å². The molecule has 0 unspecified atom stereocenters. The number of rotatable bonds is 4. The molecule has 1 atom stereocenters. The second kappa shape index (κ2) is 6.11. The number of hydrogen-bond donors (Lipinski definition) is 1.